The van der Waals surface area contributed by atoms with Gasteiger partial charge < -0.3 is 5.11 Å². The van der Waals surface area contributed by atoms with E-state index in [1.165, 1.54) is 17.5 Å². The summed E-state index contributed by atoms with van der Waals surface area (Å²) in [5.41, 5.74) is 0.150. The molecule has 1 aromatic heterocycles. The number of benzene rings is 2. The summed E-state index contributed by atoms with van der Waals surface area (Å²) >= 11 is 1.05. The maximum absolute atomic E-state index is 13.9. The van der Waals surface area contributed by atoms with E-state index < -0.39 is 17.6 Å². The summed E-state index contributed by atoms with van der Waals surface area (Å²) in [7, 11) is 0. The average molecular weight is 384 g/mol. The Balaban J connectivity index is 1.92. The van der Waals surface area contributed by atoms with Crippen LogP contribution in [0.25, 0.3) is 17.0 Å². The van der Waals surface area contributed by atoms with E-state index in [-0.39, 0.29) is 33.2 Å². The number of aromatic nitrogens is 1. The van der Waals surface area contributed by atoms with E-state index in [9.17, 15) is 13.6 Å². The molecule has 0 bridgehead atoms. The fourth-order valence-corrected chi connectivity index (χ4v) is 2.92. The third kappa shape index (κ3) is 4.00. The Morgan fingerprint density at radius 3 is 2.74 bits per heavy atom. The van der Waals surface area contributed by atoms with Crippen LogP contribution in [0.2, 0.25) is 0 Å². The van der Waals surface area contributed by atoms with E-state index in [0.29, 0.717) is 0 Å². The molecule has 0 spiro atoms. The molecule has 1 heterocycles. The predicted molar refractivity (Wildman–Crippen MR) is 96.5 cm³/mol. The molecule has 3 aromatic rings. The number of nitrogens with one attached hydrogen (secondary N) is 1. The average Bonchev–Trinajstić information content (AvgIpc) is 3.14. The summed E-state index contributed by atoms with van der Waals surface area (Å²) in [6.45, 7) is 0. The highest BCUT2D eigenvalue weighted by Crippen LogP contribution is 2.29. The molecular weight excluding hydrogens is 374 g/mol. The van der Waals surface area contributed by atoms with E-state index >= 15 is 0 Å². The van der Waals surface area contributed by atoms with Gasteiger partial charge in [0, 0.05) is 16.8 Å². The van der Waals surface area contributed by atoms with Crippen LogP contribution in [0.15, 0.2) is 58.1 Å². The van der Waals surface area contributed by atoms with Crippen LogP contribution in [0.5, 0.6) is 0 Å². The van der Waals surface area contributed by atoms with Crippen molar-refractivity contribution in [2.75, 3.05) is 0 Å². The van der Waals surface area contributed by atoms with Crippen molar-refractivity contribution in [2.24, 2.45) is 10.2 Å². The first kappa shape index (κ1) is 18.2. The zero-order valence-electron chi connectivity index (χ0n) is 13.5. The Morgan fingerprint density at radius 1 is 1.22 bits per heavy atom. The van der Waals surface area contributed by atoms with Gasteiger partial charge >= 0.3 is 5.97 Å². The number of halogens is 2. The number of carbonyl (C=O) groups is 1. The van der Waals surface area contributed by atoms with Crippen molar-refractivity contribution in [1.82, 2.24) is 4.98 Å². The number of rotatable bonds is 5. The molecule has 0 aliphatic heterocycles. The number of azo groups is 1. The van der Waals surface area contributed by atoms with Crippen molar-refractivity contribution in [3.05, 3.63) is 70.1 Å². The molecule has 27 heavy (non-hydrogen) atoms. The number of carboxylic acid groups (broad SMARTS) is 1. The van der Waals surface area contributed by atoms with Gasteiger partial charge in [0.25, 0.3) is 0 Å². The second-order valence-electron chi connectivity index (χ2n) is 5.16. The lowest BCUT2D eigenvalue weighted by molar-refractivity contribution is 0.0697. The third-order valence-electron chi connectivity index (χ3n) is 3.42. The SMILES string of the molecule is N=C=C(N=Nc1ccccc1C(=O)O)c1nc(-c2cc(F)ccc2F)cs1. The second kappa shape index (κ2) is 7.77. The fourth-order valence-electron chi connectivity index (χ4n) is 2.17. The monoisotopic (exact) mass is 384 g/mol. The second-order valence-corrected chi connectivity index (χ2v) is 6.02. The van der Waals surface area contributed by atoms with Gasteiger partial charge in [0.2, 0.25) is 0 Å². The van der Waals surface area contributed by atoms with Crippen molar-refractivity contribution in [1.29, 1.82) is 5.41 Å². The first-order chi connectivity index (χ1) is 13.0. The molecule has 9 heteroatoms. The number of hydrogen-bond acceptors (Lipinski definition) is 6. The van der Waals surface area contributed by atoms with E-state index in [1.807, 2.05) is 0 Å². The van der Waals surface area contributed by atoms with Crippen LogP contribution in [0.4, 0.5) is 14.5 Å². The first-order valence-electron chi connectivity index (χ1n) is 7.44. The highest BCUT2D eigenvalue weighted by Gasteiger charge is 2.14. The lowest BCUT2D eigenvalue weighted by atomic mass is 10.1. The molecule has 0 aliphatic rings. The van der Waals surface area contributed by atoms with E-state index in [1.54, 1.807) is 12.1 Å². The summed E-state index contributed by atoms with van der Waals surface area (Å²) in [4.78, 5) is 15.3. The first-order valence-corrected chi connectivity index (χ1v) is 8.32. The molecular formula is C18H10F2N4O2S. The molecule has 0 unspecified atom stereocenters. The zero-order chi connectivity index (χ0) is 19.4. The van der Waals surface area contributed by atoms with Crippen LogP contribution in [0.3, 0.4) is 0 Å². The molecule has 6 nitrogen and oxygen atoms in total. The fraction of sp³-hybridized carbons (Fsp3) is 0. The third-order valence-corrected chi connectivity index (χ3v) is 4.27. The quantitative estimate of drug-likeness (QED) is 0.469. The summed E-state index contributed by atoms with van der Waals surface area (Å²) in [6.07, 6.45) is 0. The molecule has 2 aromatic carbocycles. The van der Waals surface area contributed by atoms with E-state index in [4.69, 9.17) is 10.5 Å². The molecule has 0 saturated carbocycles. The van der Waals surface area contributed by atoms with E-state index in [2.05, 4.69) is 21.1 Å². The Kier molecular flexibility index (Phi) is 5.25. The van der Waals surface area contributed by atoms with Crippen molar-refractivity contribution in [3.8, 4) is 11.3 Å². The van der Waals surface area contributed by atoms with Crippen molar-refractivity contribution >= 4 is 34.6 Å². The summed E-state index contributed by atoms with van der Waals surface area (Å²) in [5.74, 6) is -0.334. The smallest absolute Gasteiger partial charge is 0.337 e. The Labute approximate surface area is 155 Å². The van der Waals surface area contributed by atoms with Gasteiger partial charge in [-0.15, -0.1) is 21.6 Å². The minimum atomic E-state index is -1.16. The highest BCUT2D eigenvalue weighted by molar-refractivity contribution is 7.11. The van der Waals surface area contributed by atoms with Crippen LogP contribution in [-0.4, -0.2) is 21.9 Å². The molecule has 2 N–H and O–H groups in total. The van der Waals surface area contributed by atoms with Crippen LogP contribution in [0, 0.1) is 17.0 Å². The van der Waals surface area contributed by atoms with Gasteiger partial charge in [0.15, 0.2) is 10.7 Å². The summed E-state index contributed by atoms with van der Waals surface area (Å²) < 4.78 is 27.2. The number of thiazole rings is 1. The molecule has 0 fully saturated rings. The molecule has 134 valence electrons. The van der Waals surface area contributed by atoms with Gasteiger partial charge in [-0.05, 0) is 30.3 Å². The number of hydrogen-bond donors (Lipinski definition) is 2. The maximum atomic E-state index is 13.9. The minimum Gasteiger partial charge on any atom is -0.478 e. The molecule has 0 aliphatic carbocycles. The van der Waals surface area contributed by atoms with E-state index in [0.717, 1.165) is 29.5 Å². The lowest BCUT2D eigenvalue weighted by Gasteiger charge is -1.99. The highest BCUT2D eigenvalue weighted by atomic mass is 32.1. The van der Waals surface area contributed by atoms with Gasteiger partial charge in [0.05, 0.1) is 11.3 Å². The normalized spacial score (nSPS) is 10.7. The van der Waals surface area contributed by atoms with Gasteiger partial charge in [-0.3, -0.25) is 5.41 Å². The van der Waals surface area contributed by atoms with Crippen LogP contribution in [0.1, 0.15) is 15.4 Å². The van der Waals surface area contributed by atoms with Crippen LogP contribution in [-0.2, 0) is 0 Å². The minimum absolute atomic E-state index is 0.0185. The lowest BCUT2D eigenvalue weighted by Crippen LogP contribution is -1.95. The molecule has 0 radical (unpaired) electrons. The van der Waals surface area contributed by atoms with Gasteiger partial charge in [-0.2, -0.15) is 0 Å². The summed E-state index contributed by atoms with van der Waals surface area (Å²) in [5, 5.41) is 25.9. The van der Waals surface area contributed by atoms with Gasteiger partial charge in [-0.25, -0.2) is 18.6 Å². The van der Waals surface area contributed by atoms with Crippen molar-refractivity contribution in [2.45, 2.75) is 0 Å². The molecule has 0 saturated heterocycles. The standard InChI is InChI=1S/C18H10F2N4O2S/c19-10-5-6-13(20)12(7-10)16-9-27-17(22-16)15(8-21)24-23-14-4-2-1-3-11(14)18(25)26/h1-7,9,21H,(H,25,26). The summed E-state index contributed by atoms with van der Waals surface area (Å²) in [6, 6.07) is 9.01. The maximum Gasteiger partial charge on any atom is 0.337 e. The number of carboxylic acids is 1. The Hall–Kier alpha value is -3.55. The zero-order valence-corrected chi connectivity index (χ0v) is 14.3. The molecule has 3 rings (SSSR count). The largest absolute Gasteiger partial charge is 0.478 e. The topological polar surface area (TPSA) is 98.8 Å². The van der Waals surface area contributed by atoms with Gasteiger partial charge in [-0.1, -0.05) is 12.1 Å². The van der Waals surface area contributed by atoms with Crippen LogP contribution < -0.4 is 0 Å². The predicted octanol–water partition coefficient (Wildman–Crippen LogP) is 5.16. The number of nitrogens with zero attached hydrogens (tertiary/aromatic N) is 3. The Bertz CT molecular complexity index is 1100. The van der Waals surface area contributed by atoms with Crippen molar-refractivity contribution in [3.63, 3.8) is 0 Å². The molecule has 0 atom stereocenters. The van der Waals surface area contributed by atoms with Crippen molar-refractivity contribution < 1.29 is 18.7 Å². The molecule has 0 amide bonds. The Morgan fingerprint density at radius 2 is 2.00 bits per heavy atom. The van der Waals surface area contributed by atoms with Crippen LogP contribution >= 0.6 is 11.3 Å². The van der Waals surface area contributed by atoms with Gasteiger partial charge in [0.1, 0.15) is 17.3 Å². The number of aromatic carboxylic acids is 1.